The van der Waals surface area contributed by atoms with Gasteiger partial charge in [0.25, 0.3) is 0 Å². The Kier molecular flexibility index (Phi) is 8.29. The number of hydrogen-bond donors (Lipinski definition) is 1. The number of carbonyl (C=O) groups is 1. The van der Waals surface area contributed by atoms with E-state index >= 15 is 0 Å². The fourth-order valence-corrected chi connectivity index (χ4v) is 3.93. The molecule has 0 aliphatic rings. The SMILES string of the molecule is CCCCN(Cc1ccc(-c2ccccc2-c2nn[nH]n2)cc1)c1nc(C(F)(F)F)ncc1C(=O)OCC. The maximum absolute atomic E-state index is 13.5. The third-order valence-electron chi connectivity index (χ3n) is 5.75. The van der Waals surface area contributed by atoms with Gasteiger partial charge >= 0.3 is 12.1 Å². The number of nitrogens with one attached hydrogen (secondary N) is 1. The molecular formula is C26H26F3N7O2. The Balaban J connectivity index is 1.68. The number of halogens is 3. The van der Waals surface area contributed by atoms with Crippen molar-refractivity contribution >= 4 is 11.8 Å². The van der Waals surface area contributed by atoms with Gasteiger partial charge in [-0.2, -0.15) is 18.4 Å². The van der Waals surface area contributed by atoms with E-state index in [1.807, 2.05) is 55.5 Å². The predicted octanol–water partition coefficient (Wildman–Crippen LogP) is 5.33. The molecule has 0 saturated heterocycles. The number of rotatable bonds is 10. The van der Waals surface area contributed by atoms with Crippen molar-refractivity contribution in [3.05, 3.63) is 71.7 Å². The predicted molar refractivity (Wildman–Crippen MR) is 134 cm³/mol. The molecule has 12 heteroatoms. The van der Waals surface area contributed by atoms with E-state index in [1.165, 1.54) is 0 Å². The third kappa shape index (κ3) is 6.13. The highest BCUT2D eigenvalue weighted by Gasteiger charge is 2.36. The first kappa shape index (κ1) is 26.7. The van der Waals surface area contributed by atoms with Gasteiger partial charge in [0.05, 0.1) is 6.61 Å². The molecule has 4 aromatic rings. The van der Waals surface area contributed by atoms with Gasteiger partial charge in [0, 0.05) is 24.8 Å². The summed E-state index contributed by atoms with van der Waals surface area (Å²) in [7, 11) is 0. The number of tetrazole rings is 1. The molecule has 2 aromatic carbocycles. The maximum atomic E-state index is 13.5. The fourth-order valence-electron chi connectivity index (χ4n) is 3.93. The van der Waals surface area contributed by atoms with Gasteiger partial charge in [0.15, 0.2) is 0 Å². The molecular weight excluding hydrogens is 499 g/mol. The lowest BCUT2D eigenvalue weighted by Gasteiger charge is -2.26. The lowest BCUT2D eigenvalue weighted by Crippen LogP contribution is -2.29. The van der Waals surface area contributed by atoms with Crippen molar-refractivity contribution in [3.63, 3.8) is 0 Å². The van der Waals surface area contributed by atoms with Crippen molar-refractivity contribution in [2.45, 2.75) is 39.4 Å². The molecule has 0 radical (unpaired) electrons. The number of anilines is 1. The van der Waals surface area contributed by atoms with Crippen molar-refractivity contribution < 1.29 is 22.7 Å². The molecule has 0 fully saturated rings. The number of carbonyl (C=O) groups excluding carboxylic acids is 1. The monoisotopic (exact) mass is 525 g/mol. The van der Waals surface area contributed by atoms with Crippen LogP contribution in [0, 0.1) is 0 Å². The third-order valence-corrected chi connectivity index (χ3v) is 5.75. The van der Waals surface area contributed by atoms with Gasteiger partial charge in [-0.25, -0.2) is 14.8 Å². The number of nitrogens with zero attached hydrogens (tertiary/aromatic N) is 6. The summed E-state index contributed by atoms with van der Waals surface area (Å²) in [6, 6.07) is 15.2. The summed E-state index contributed by atoms with van der Waals surface area (Å²) >= 11 is 0. The molecule has 2 heterocycles. The van der Waals surface area contributed by atoms with Crippen LogP contribution in [-0.4, -0.2) is 49.7 Å². The van der Waals surface area contributed by atoms with Crippen molar-refractivity contribution in [2.75, 3.05) is 18.1 Å². The molecule has 0 amide bonds. The molecule has 0 spiro atoms. The largest absolute Gasteiger partial charge is 0.462 e. The summed E-state index contributed by atoms with van der Waals surface area (Å²) in [5, 5.41) is 14.2. The van der Waals surface area contributed by atoms with E-state index in [0.29, 0.717) is 18.8 Å². The topological polar surface area (TPSA) is 110 Å². The van der Waals surface area contributed by atoms with Crippen molar-refractivity contribution in [1.82, 2.24) is 30.6 Å². The molecule has 198 valence electrons. The Morgan fingerprint density at radius 2 is 1.79 bits per heavy atom. The van der Waals surface area contributed by atoms with E-state index in [2.05, 4.69) is 30.6 Å². The van der Waals surface area contributed by atoms with Crippen molar-refractivity contribution in [3.8, 4) is 22.5 Å². The van der Waals surface area contributed by atoms with Gasteiger partial charge in [0.1, 0.15) is 11.4 Å². The standard InChI is InChI=1S/C26H26F3N7O2/c1-3-5-14-36(23-21(24(37)38-4-2)15-30-25(31-23)26(27,28)29)16-17-10-12-18(13-11-17)19-8-6-7-9-20(19)22-32-34-35-33-22/h6-13,15H,3-5,14,16H2,1-2H3,(H,32,33,34,35). The zero-order chi connectivity index (χ0) is 27.1. The van der Waals surface area contributed by atoms with Crippen LogP contribution < -0.4 is 4.90 Å². The molecule has 0 aliphatic carbocycles. The summed E-state index contributed by atoms with van der Waals surface area (Å²) in [6.07, 6.45) is -2.38. The van der Waals surface area contributed by atoms with Crippen LogP contribution >= 0.6 is 0 Å². The van der Waals surface area contributed by atoms with Gasteiger partial charge in [-0.1, -0.05) is 61.9 Å². The molecule has 0 aliphatic heterocycles. The summed E-state index contributed by atoms with van der Waals surface area (Å²) in [6.45, 7) is 4.28. The lowest BCUT2D eigenvalue weighted by atomic mass is 9.98. The molecule has 38 heavy (non-hydrogen) atoms. The minimum Gasteiger partial charge on any atom is -0.462 e. The minimum atomic E-state index is -4.76. The number of aromatic amines is 1. The molecule has 0 unspecified atom stereocenters. The number of unbranched alkanes of at least 4 members (excludes halogenated alkanes) is 1. The number of hydrogen-bond acceptors (Lipinski definition) is 8. The molecule has 0 atom stereocenters. The zero-order valence-corrected chi connectivity index (χ0v) is 20.9. The molecule has 9 nitrogen and oxygen atoms in total. The smallest absolute Gasteiger partial charge is 0.451 e. The normalized spacial score (nSPS) is 11.4. The second-order valence-electron chi connectivity index (χ2n) is 8.40. The van der Waals surface area contributed by atoms with Crippen LogP contribution in [0.15, 0.2) is 54.7 Å². The van der Waals surface area contributed by atoms with E-state index < -0.39 is 18.0 Å². The number of benzene rings is 2. The highest BCUT2D eigenvalue weighted by molar-refractivity contribution is 5.94. The number of ether oxygens (including phenoxy) is 1. The molecule has 1 N–H and O–H groups in total. The van der Waals surface area contributed by atoms with Crippen LogP contribution in [0.25, 0.3) is 22.5 Å². The van der Waals surface area contributed by atoms with Gasteiger partial charge < -0.3 is 9.64 Å². The quantitative estimate of drug-likeness (QED) is 0.277. The van der Waals surface area contributed by atoms with Gasteiger partial charge in [-0.15, -0.1) is 10.2 Å². The van der Waals surface area contributed by atoms with Crippen molar-refractivity contribution in [2.24, 2.45) is 0 Å². The van der Waals surface area contributed by atoms with E-state index in [4.69, 9.17) is 4.74 Å². The number of H-pyrrole nitrogens is 1. The molecule has 0 saturated carbocycles. The summed E-state index contributed by atoms with van der Waals surface area (Å²) in [5.74, 6) is -1.72. The highest BCUT2D eigenvalue weighted by atomic mass is 19.4. The Bertz CT molecular complexity index is 1360. The first-order chi connectivity index (χ1) is 18.3. The molecule has 4 rings (SSSR count). The van der Waals surface area contributed by atoms with E-state index in [-0.39, 0.29) is 24.5 Å². The van der Waals surface area contributed by atoms with Crippen LogP contribution in [0.2, 0.25) is 0 Å². The second kappa shape index (κ2) is 11.8. The summed E-state index contributed by atoms with van der Waals surface area (Å²) < 4.78 is 45.4. The average molecular weight is 526 g/mol. The number of esters is 1. The molecule has 2 aromatic heterocycles. The Labute approximate surface area is 217 Å². The summed E-state index contributed by atoms with van der Waals surface area (Å²) in [4.78, 5) is 21.4. The van der Waals surface area contributed by atoms with E-state index in [0.717, 1.165) is 34.9 Å². The first-order valence-corrected chi connectivity index (χ1v) is 12.1. The maximum Gasteiger partial charge on any atom is 0.451 e. The van der Waals surface area contributed by atoms with Gasteiger partial charge in [0.2, 0.25) is 11.6 Å². The Hall–Kier alpha value is -4.35. The van der Waals surface area contributed by atoms with Crippen LogP contribution in [0.1, 0.15) is 48.4 Å². The van der Waals surface area contributed by atoms with Gasteiger partial charge in [-0.3, -0.25) is 0 Å². The van der Waals surface area contributed by atoms with Crippen LogP contribution in [-0.2, 0) is 17.5 Å². The minimum absolute atomic E-state index is 0.0705. The highest BCUT2D eigenvalue weighted by Crippen LogP contribution is 2.32. The number of aromatic nitrogens is 6. The van der Waals surface area contributed by atoms with E-state index in [1.54, 1.807) is 11.8 Å². The molecule has 0 bridgehead atoms. The average Bonchev–Trinajstić information content (AvgIpc) is 3.46. The van der Waals surface area contributed by atoms with Gasteiger partial charge in [-0.05, 0) is 35.2 Å². The van der Waals surface area contributed by atoms with Crippen molar-refractivity contribution in [1.29, 1.82) is 0 Å². The van der Waals surface area contributed by atoms with Crippen LogP contribution in [0.5, 0.6) is 0 Å². The second-order valence-corrected chi connectivity index (χ2v) is 8.40. The lowest BCUT2D eigenvalue weighted by molar-refractivity contribution is -0.144. The zero-order valence-electron chi connectivity index (χ0n) is 20.9. The number of alkyl halides is 3. The van der Waals surface area contributed by atoms with Crippen LogP contribution in [0.4, 0.5) is 19.0 Å². The Morgan fingerprint density at radius 3 is 2.42 bits per heavy atom. The fraction of sp³-hybridized carbons (Fsp3) is 0.308. The van der Waals surface area contributed by atoms with Crippen LogP contribution in [0.3, 0.4) is 0 Å². The first-order valence-electron chi connectivity index (χ1n) is 12.1. The van der Waals surface area contributed by atoms with E-state index in [9.17, 15) is 18.0 Å². The Morgan fingerprint density at radius 1 is 1.05 bits per heavy atom. The summed E-state index contributed by atoms with van der Waals surface area (Å²) in [5.41, 5.74) is 3.32.